The number of fused-ring (bicyclic) bond motifs is 1. The minimum Gasteiger partial charge on any atom is -0.392 e. The highest BCUT2D eigenvalue weighted by molar-refractivity contribution is 7.92. The Labute approximate surface area is 211 Å². The van der Waals surface area contributed by atoms with Gasteiger partial charge in [0.2, 0.25) is 0 Å². The first kappa shape index (κ1) is 24.7. The van der Waals surface area contributed by atoms with Gasteiger partial charge in [-0.3, -0.25) is 9.82 Å². The molecule has 5 rings (SSSR count). The zero-order valence-electron chi connectivity index (χ0n) is 18.3. The summed E-state index contributed by atoms with van der Waals surface area (Å²) in [6.45, 7) is -0.759. The Morgan fingerprint density at radius 3 is 2.54 bits per heavy atom. The Hall–Kier alpha value is -3.94. The second kappa shape index (κ2) is 9.18. The lowest BCUT2D eigenvalue weighted by Gasteiger charge is -2.15. The second-order valence-electron chi connectivity index (χ2n) is 7.78. The van der Waals surface area contributed by atoms with Gasteiger partial charge in [0.1, 0.15) is 27.7 Å². The highest BCUT2D eigenvalue weighted by atomic mass is 35.5. The minimum atomic E-state index is -4.72. The summed E-state index contributed by atoms with van der Waals surface area (Å²) < 4.78 is 87.2. The number of aromatic nitrogens is 4. The molecule has 0 aliphatic heterocycles. The third kappa shape index (κ3) is 4.20. The topological polar surface area (TPSA) is 124 Å². The van der Waals surface area contributed by atoms with Gasteiger partial charge in [0, 0.05) is 28.9 Å². The van der Waals surface area contributed by atoms with Crippen LogP contribution in [0, 0.1) is 23.3 Å². The summed E-state index contributed by atoms with van der Waals surface area (Å²) in [7, 11) is -4.72. The molecule has 3 aromatic carbocycles. The van der Waals surface area contributed by atoms with Gasteiger partial charge in [-0.2, -0.15) is 5.10 Å². The van der Waals surface area contributed by atoms with Crippen LogP contribution >= 0.6 is 11.6 Å². The van der Waals surface area contributed by atoms with Crippen LogP contribution in [0.25, 0.3) is 33.5 Å². The molecule has 0 amide bonds. The van der Waals surface area contributed by atoms with Crippen molar-refractivity contribution >= 4 is 38.2 Å². The second-order valence-corrected chi connectivity index (χ2v) is 9.81. The summed E-state index contributed by atoms with van der Waals surface area (Å²) in [4.78, 5) is 6.09. The lowest BCUT2D eigenvalue weighted by Crippen LogP contribution is -2.16. The average molecular weight is 552 g/mol. The van der Waals surface area contributed by atoms with Crippen LogP contribution in [0.3, 0.4) is 0 Å². The fraction of sp³-hybridized carbons (Fsp3) is 0.0435. The number of hydrogen-bond acceptors (Lipinski definition) is 5. The molecule has 0 aliphatic rings. The smallest absolute Gasteiger partial charge is 0.263 e. The predicted octanol–water partition coefficient (Wildman–Crippen LogP) is 5.12. The van der Waals surface area contributed by atoms with Crippen molar-refractivity contribution in [2.24, 2.45) is 0 Å². The first-order valence-corrected chi connectivity index (χ1v) is 12.2. The van der Waals surface area contributed by atoms with Crippen LogP contribution in [0.2, 0.25) is 5.02 Å². The molecule has 14 heteroatoms. The van der Waals surface area contributed by atoms with Gasteiger partial charge in [0.15, 0.2) is 17.5 Å². The van der Waals surface area contributed by atoms with Crippen molar-refractivity contribution in [2.75, 3.05) is 4.72 Å². The number of benzene rings is 3. The number of H-pyrrole nitrogens is 2. The molecule has 0 atom stereocenters. The normalized spacial score (nSPS) is 11.8. The van der Waals surface area contributed by atoms with Crippen molar-refractivity contribution in [3.8, 4) is 22.6 Å². The van der Waals surface area contributed by atoms with Crippen molar-refractivity contribution < 1.29 is 31.1 Å². The number of halogens is 5. The molecular formula is C23H14ClF4N5O3S. The number of nitrogens with one attached hydrogen (secondary N) is 3. The SMILES string of the molecule is O=S(=O)(Nc1ccc(F)c(-c2ccc3c(-c4ncc[nH]4)n[nH]c3c2F)c1F)c1cc(F)cc(CO)c1Cl. The van der Waals surface area contributed by atoms with Crippen LogP contribution in [-0.2, 0) is 16.6 Å². The molecule has 0 spiro atoms. The largest absolute Gasteiger partial charge is 0.392 e. The molecule has 4 N–H and O–H groups in total. The van der Waals surface area contributed by atoms with Gasteiger partial charge in [0.25, 0.3) is 10.0 Å². The Morgan fingerprint density at radius 1 is 1.05 bits per heavy atom. The van der Waals surface area contributed by atoms with Crippen LogP contribution in [0.1, 0.15) is 5.56 Å². The minimum absolute atomic E-state index is 0.156. The van der Waals surface area contributed by atoms with Gasteiger partial charge in [0.05, 0.1) is 22.9 Å². The van der Waals surface area contributed by atoms with E-state index in [2.05, 4.69) is 20.2 Å². The molecule has 2 heterocycles. The zero-order chi connectivity index (χ0) is 26.5. The van der Waals surface area contributed by atoms with Crippen molar-refractivity contribution in [1.29, 1.82) is 0 Å². The standard InChI is InChI=1S/C23H14ClF4N5O3S/c24-18-10(9-34)7-11(25)8-16(18)37(35,36)33-15-4-3-14(26)17(20(15)28)12-1-2-13-21(19(12)27)31-32-22(13)23-29-5-6-30-23/h1-8,33-34H,9H2,(H,29,30)(H,31,32). The molecule has 0 fully saturated rings. The summed E-state index contributed by atoms with van der Waals surface area (Å²) in [5.74, 6) is -4.31. The Kier molecular flexibility index (Phi) is 6.14. The van der Waals surface area contributed by atoms with E-state index in [9.17, 15) is 22.3 Å². The first-order valence-electron chi connectivity index (χ1n) is 10.4. The van der Waals surface area contributed by atoms with E-state index >= 15 is 8.78 Å². The Bertz CT molecular complexity index is 1780. The third-order valence-corrected chi connectivity index (χ3v) is 7.49. The van der Waals surface area contributed by atoms with Gasteiger partial charge in [-0.1, -0.05) is 17.7 Å². The predicted molar refractivity (Wildman–Crippen MR) is 127 cm³/mol. The van der Waals surface area contributed by atoms with Gasteiger partial charge >= 0.3 is 0 Å². The van der Waals surface area contributed by atoms with Crippen LogP contribution in [0.4, 0.5) is 23.2 Å². The number of nitrogens with zero attached hydrogens (tertiary/aromatic N) is 2. The fourth-order valence-corrected chi connectivity index (χ4v) is 5.50. The zero-order valence-corrected chi connectivity index (χ0v) is 19.9. The van der Waals surface area contributed by atoms with Gasteiger partial charge in [-0.25, -0.2) is 31.0 Å². The van der Waals surface area contributed by atoms with Gasteiger partial charge < -0.3 is 10.1 Å². The number of aliphatic hydroxyl groups is 1. The Balaban J connectivity index is 1.60. The summed E-state index contributed by atoms with van der Waals surface area (Å²) >= 11 is 5.97. The van der Waals surface area contributed by atoms with Crippen LogP contribution in [-0.4, -0.2) is 33.7 Å². The number of hydrogen-bond donors (Lipinski definition) is 4. The van der Waals surface area contributed by atoms with E-state index in [0.29, 0.717) is 11.9 Å². The van der Waals surface area contributed by atoms with E-state index in [0.717, 1.165) is 24.3 Å². The van der Waals surface area contributed by atoms with Crippen molar-refractivity contribution in [1.82, 2.24) is 20.2 Å². The van der Waals surface area contributed by atoms with Crippen molar-refractivity contribution in [2.45, 2.75) is 11.5 Å². The number of sulfonamides is 1. The summed E-state index contributed by atoms with van der Waals surface area (Å²) in [6, 6.07) is 5.45. The summed E-state index contributed by atoms with van der Waals surface area (Å²) in [5.41, 5.74) is -2.20. The van der Waals surface area contributed by atoms with E-state index in [4.69, 9.17) is 11.6 Å². The first-order chi connectivity index (χ1) is 17.6. The molecule has 2 aromatic heterocycles. The summed E-state index contributed by atoms with van der Waals surface area (Å²) in [5, 5.41) is 15.6. The van der Waals surface area contributed by atoms with E-state index in [1.807, 2.05) is 4.72 Å². The highest BCUT2D eigenvalue weighted by Crippen LogP contribution is 2.37. The maximum Gasteiger partial charge on any atom is 0.263 e. The number of rotatable bonds is 6. The molecule has 190 valence electrons. The molecule has 5 aromatic rings. The van der Waals surface area contributed by atoms with E-state index in [1.165, 1.54) is 12.3 Å². The molecule has 0 radical (unpaired) electrons. The lowest BCUT2D eigenvalue weighted by atomic mass is 10.0. The maximum absolute atomic E-state index is 15.5. The monoisotopic (exact) mass is 551 g/mol. The van der Waals surface area contributed by atoms with Crippen LogP contribution in [0.15, 0.2) is 53.7 Å². The van der Waals surface area contributed by atoms with E-state index in [-0.39, 0.29) is 22.2 Å². The van der Waals surface area contributed by atoms with Crippen LogP contribution < -0.4 is 4.72 Å². The van der Waals surface area contributed by atoms with E-state index in [1.54, 1.807) is 6.20 Å². The molecule has 0 unspecified atom stereocenters. The summed E-state index contributed by atoms with van der Waals surface area (Å²) in [6.07, 6.45) is 3.01. The van der Waals surface area contributed by atoms with Gasteiger partial charge in [-0.15, -0.1) is 0 Å². The molecule has 37 heavy (non-hydrogen) atoms. The van der Waals surface area contributed by atoms with Crippen molar-refractivity contribution in [3.05, 3.63) is 82.6 Å². The molecule has 8 nitrogen and oxygen atoms in total. The van der Waals surface area contributed by atoms with E-state index < -0.39 is 66.6 Å². The van der Waals surface area contributed by atoms with Gasteiger partial charge in [-0.05, 0) is 30.3 Å². The number of anilines is 1. The number of aromatic amines is 2. The fourth-order valence-electron chi connectivity index (χ4n) is 3.83. The molecule has 0 bridgehead atoms. The maximum atomic E-state index is 15.5. The molecular weight excluding hydrogens is 538 g/mol. The Morgan fingerprint density at radius 2 is 1.84 bits per heavy atom. The van der Waals surface area contributed by atoms with Crippen LogP contribution in [0.5, 0.6) is 0 Å². The highest BCUT2D eigenvalue weighted by Gasteiger charge is 2.27. The number of imidazole rings is 1. The van der Waals surface area contributed by atoms with Crippen molar-refractivity contribution in [3.63, 3.8) is 0 Å². The quantitative estimate of drug-likeness (QED) is 0.218. The molecule has 0 saturated heterocycles. The third-order valence-electron chi connectivity index (χ3n) is 5.54. The molecule has 0 saturated carbocycles. The lowest BCUT2D eigenvalue weighted by molar-refractivity contribution is 0.281. The molecule has 0 aliphatic carbocycles. The average Bonchev–Trinajstić information content (AvgIpc) is 3.53. The number of aliphatic hydroxyl groups excluding tert-OH is 1.